The summed E-state index contributed by atoms with van der Waals surface area (Å²) < 4.78 is 0. The molecule has 0 aliphatic heterocycles. The van der Waals surface area contributed by atoms with Gasteiger partial charge in [-0.05, 0) is 35.9 Å². The Morgan fingerprint density at radius 1 is 1.20 bits per heavy atom. The molecule has 0 unspecified atom stereocenters. The molecule has 104 valence electrons. The van der Waals surface area contributed by atoms with Gasteiger partial charge in [0.2, 0.25) is 0 Å². The van der Waals surface area contributed by atoms with Crippen molar-refractivity contribution in [1.29, 1.82) is 0 Å². The van der Waals surface area contributed by atoms with Gasteiger partial charge < -0.3 is 5.73 Å². The molecule has 20 heavy (non-hydrogen) atoms. The number of anilines is 1. The fourth-order valence-electron chi connectivity index (χ4n) is 1.63. The van der Waals surface area contributed by atoms with Crippen molar-refractivity contribution >= 4 is 35.0 Å². The Balaban J connectivity index is 2.02. The number of hydrogen-bond acceptors (Lipinski definition) is 4. The molecule has 0 heterocycles. The van der Waals surface area contributed by atoms with E-state index in [1.54, 1.807) is 30.0 Å². The Morgan fingerprint density at radius 2 is 1.90 bits per heavy atom. The molecule has 0 aromatic heterocycles. The molecule has 0 saturated carbocycles. The van der Waals surface area contributed by atoms with Gasteiger partial charge in [-0.1, -0.05) is 23.7 Å². The van der Waals surface area contributed by atoms with Crippen molar-refractivity contribution in [2.75, 3.05) is 5.73 Å². The highest BCUT2D eigenvalue weighted by Crippen LogP contribution is 2.31. The maximum absolute atomic E-state index is 11.3. The van der Waals surface area contributed by atoms with Gasteiger partial charge in [-0.2, -0.15) is 0 Å². The van der Waals surface area contributed by atoms with Gasteiger partial charge in [-0.3, -0.25) is 10.2 Å². The average Bonchev–Trinajstić information content (AvgIpc) is 2.46. The van der Waals surface area contributed by atoms with Gasteiger partial charge in [-0.15, -0.1) is 11.8 Å². The van der Waals surface area contributed by atoms with E-state index in [0.29, 0.717) is 16.3 Å². The second-order valence-electron chi connectivity index (χ2n) is 4.15. The third-order valence-electron chi connectivity index (χ3n) is 2.70. The van der Waals surface area contributed by atoms with E-state index in [4.69, 9.17) is 23.2 Å². The predicted molar refractivity (Wildman–Crippen MR) is 83.5 cm³/mol. The van der Waals surface area contributed by atoms with Gasteiger partial charge in [0, 0.05) is 21.9 Å². The number of nitrogens with two attached hydrogens (primary N) is 2. The van der Waals surface area contributed by atoms with Crippen LogP contribution in [0.1, 0.15) is 15.9 Å². The smallest absolute Gasteiger partial charge is 0.265 e. The van der Waals surface area contributed by atoms with Crippen LogP contribution in [0.25, 0.3) is 0 Å². The molecule has 4 nitrogen and oxygen atoms in total. The summed E-state index contributed by atoms with van der Waals surface area (Å²) in [6, 6.07) is 12.7. The van der Waals surface area contributed by atoms with Crippen molar-refractivity contribution in [1.82, 2.24) is 5.43 Å². The minimum Gasteiger partial charge on any atom is -0.399 e. The largest absolute Gasteiger partial charge is 0.399 e. The summed E-state index contributed by atoms with van der Waals surface area (Å²) in [6.45, 7) is 0. The van der Waals surface area contributed by atoms with Gasteiger partial charge in [0.05, 0.1) is 5.02 Å². The Labute approximate surface area is 126 Å². The second kappa shape index (κ2) is 6.65. The van der Waals surface area contributed by atoms with E-state index in [1.807, 2.05) is 24.3 Å². The first-order chi connectivity index (χ1) is 9.60. The number of carbonyl (C=O) groups excluding carboxylic acids is 1. The van der Waals surface area contributed by atoms with Crippen LogP contribution in [-0.4, -0.2) is 5.91 Å². The molecule has 0 spiro atoms. The van der Waals surface area contributed by atoms with Crippen LogP contribution in [-0.2, 0) is 5.75 Å². The van der Waals surface area contributed by atoms with Crippen LogP contribution in [0.15, 0.2) is 47.4 Å². The zero-order valence-corrected chi connectivity index (χ0v) is 12.2. The number of hydrazine groups is 1. The zero-order valence-electron chi connectivity index (χ0n) is 10.6. The minimum atomic E-state index is -0.300. The van der Waals surface area contributed by atoms with Gasteiger partial charge in [0.25, 0.3) is 5.91 Å². The lowest BCUT2D eigenvalue weighted by molar-refractivity contribution is 0.0953. The summed E-state index contributed by atoms with van der Waals surface area (Å²) in [5, 5.41) is 0.647. The predicted octanol–water partition coefficient (Wildman–Crippen LogP) is 2.82. The van der Waals surface area contributed by atoms with Gasteiger partial charge in [0.1, 0.15) is 0 Å². The molecule has 0 radical (unpaired) electrons. The normalized spacial score (nSPS) is 10.3. The Kier molecular flexibility index (Phi) is 4.89. The van der Waals surface area contributed by atoms with E-state index in [9.17, 15) is 4.79 Å². The van der Waals surface area contributed by atoms with E-state index in [-0.39, 0.29) is 5.91 Å². The number of nitrogens with one attached hydrogen (secondary N) is 1. The van der Waals surface area contributed by atoms with Crippen molar-refractivity contribution in [3.8, 4) is 0 Å². The molecule has 2 aromatic carbocycles. The van der Waals surface area contributed by atoms with E-state index >= 15 is 0 Å². The lowest BCUT2D eigenvalue weighted by Gasteiger charge is -2.06. The maximum Gasteiger partial charge on any atom is 0.265 e. The average molecular weight is 308 g/mol. The standard InChI is InChI=1S/C14H14ClN3OS/c15-12-7-11(16)5-6-13(12)20-8-9-1-3-10(4-2-9)14(19)18-17/h1-7H,8,16-17H2,(H,18,19). The van der Waals surface area contributed by atoms with Gasteiger partial charge >= 0.3 is 0 Å². The molecule has 0 saturated heterocycles. The monoisotopic (exact) mass is 307 g/mol. The molecular weight excluding hydrogens is 294 g/mol. The molecule has 1 amide bonds. The summed E-state index contributed by atoms with van der Waals surface area (Å²) in [5.74, 6) is 5.53. The second-order valence-corrected chi connectivity index (χ2v) is 5.57. The highest BCUT2D eigenvalue weighted by atomic mass is 35.5. The van der Waals surface area contributed by atoms with Crippen molar-refractivity contribution < 1.29 is 4.79 Å². The molecule has 0 aliphatic carbocycles. The summed E-state index contributed by atoms with van der Waals surface area (Å²) >= 11 is 7.73. The Hall–Kier alpha value is -1.69. The first kappa shape index (κ1) is 14.7. The molecule has 0 bridgehead atoms. The lowest BCUT2D eigenvalue weighted by Crippen LogP contribution is -2.29. The van der Waals surface area contributed by atoms with Crippen LogP contribution < -0.4 is 17.0 Å². The number of benzene rings is 2. The summed E-state index contributed by atoms with van der Waals surface area (Å²) in [7, 11) is 0. The molecule has 5 N–H and O–H groups in total. The molecular formula is C14H14ClN3OS. The van der Waals surface area contributed by atoms with Crippen LogP contribution in [0.4, 0.5) is 5.69 Å². The third-order valence-corrected chi connectivity index (χ3v) is 4.27. The molecule has 6 heteroatoms. The molecule has 0 aliphatic rings. The van der Waals surface area contributed by atoms with Crippen molar-refractivity contribution in [3.05, 3.63) is 58.6 Å². The molecule has 0 atom stereocenters. The highest BCUT2D eigenvalue weighted by Gasteiger charge is 2.05. The first-order valence-electron chi connectivity index (χ1n) is 5.88. The Bertz CT molecular complexity index is 616. The molecule has 0 fully saturated rings. The van der Waals surface area contributed by atoms with Crippen LogP contribution in [0.5, 0.6) is 0 Å². The van der Waals surface area contributed by atoms with E-state index in [0.717, 1.165) is 16.2 Å². The minimum absolute atomic E-state index is 0.300. The van der Waals surface area contributed by atoms with E-state index in [1.165, 1.54) is 0 Å². The van der Waals surface area contributed by atoms with Gasteiger partial charge in [0.15, 0.2) is 0 Å². The fourth-order valence-corrected chi connectivity index (χ4v) is 2.86. The Morgan fingerprint density at radius 3 is 2.50 bits per heavy atom. The summed E-state index contributed by atoms with van der Waals surface area (Å²) in [4.78, 5) is 12.3. The quantitative estimate of drug-likeness (QED) is 0.267. The van der Waals surface area contributed by atoms with Gasteiger partial charge in [-0.25, -0.2) is 5.84 Å². The number of rotatable bonds is 4. The number of thioether (sulfide) groups is 1. The van der Waals surface area contributed by atoms with Crippen molar-refractivity contribution in [2.24, 2.45) is 5.84 Å². The van der Waals surface area contributed by atoms with Crippen LogP contribution in [0.2, 0.25) is 5.02 Å². The first-order valence-corrected chi connectivity index (χ1v) is 7.24. The van der Waals surface area contributed by atoms with Crippen molar-refractivity contribution in [2.45, 2.75) is 10.6 Å². The van der Waals surface area contributed by atoms with Crippen molar-refractivity contribution in [3.63, 3.8) is 0 Å². The fraction of sp³-hybridized carbons (Fsp3) is 0.0714. The number of hydrogen-bond donors (Lipinski definition) is 3. The number of amides is 1. The number of halogens is 1. The van der Waals surface area contributed by atoms with E-state index in [2.05, 4.69) is 5.43 Å². The molecule has 2 rings (SSSR count). The topological polar surface area (TPSA) is 81.1 Å². The number of nitrogen functional groups attached to an aromatic ring is 2. The highest BCUT2D eigenvalue weighted by molar-refractivity contribution is 7.98. The van der Waals surface area contributed by atoms with Crippen LogP contribution in [0.3, 0.4) is 0 Å². The molecule has 2 aromatic rings. The number of carbonyl (C=O) groups is 1. The van der Waals surface area contributed by atoms with Crippen LogP contribution >= 0.6 is 23.4 Å². The SMILES string of the molecule is NNC(=O)c1ccc(CSc2ccc(N)cc2Cl)cc1. The summed E-state index contributed by atoms with van der Waals surface area (Å²) in [5.41, 5.74) is 10.0. The van der Waals surface area contributed by atoms with E-state index < -0.39 is 0 Å². The van der Waals surface area contributed by atoms with Crippen LogP contribution in [0, 0.1) is 0 Å². The maximum atomic E-state index is 11.3. The lowest BCUT2D eigenvalue weighted by atomic mass is 10.1. The summed E-state index contributed by atoms with van der Waals surface area (Å²) in [6.07, 6.45) is 0. The third kappa shape index (κ3) is 3.66. The zero-order chi connectivity index (χ0) is 14.5.